The predicted octanol–water partition coefficient (Wildman–Crippen LogP) is 3.08. The molecule has 20 heavy (non-hydrogen) atoms. The molecule has 0 bridgehead atoms. The van der Waals surface area contributed by atoms with E-state index in [9.17, 15) is 0 Å². The molecule has 0 aliphatic carbocycles. The third kappa shape index (κ3) is 3.01. The maximum Gasteiger partial charge on any atom is 0.162 e. The highest BCUT2D eigenvalue weighted by molar-refractivity contribution is 5.85. The number of nitrogens with one attached hydrogen (secondary N) is 1. The molecule has 3 heteroatoms. The molecule has 0 unspecified atom stereocenters. The monoisotopic (exact) mass is 271 g/mol. The first-order valence-electron chi connectivity index (χ1n) is 7.12. The first-order chi connectivity index (χ1) is 9.64. The van der Waals surface area contributed by atoms with Crippen LogP contribution in [0.1, 0.15) is 19.4 Å². The number of ether oxygens (including phenoxy) is 2. The van der Waals surface area contributed by atoms with Crippen molar-refractivity contribution >= 4 is 10.8 Å². The molecule has 0 radical (unpaired) electrons. The van der Waals surface area contributed by atoms with Crippen LogP contribution in [-0.4, -0.2) is 25.0 Å². The smallest absolute Gasteiger partial charge is 0.162 e. The second-order valence-corrected chi connectivity index (χ2v) is 5.74. The van der Waals surface area contributed by atoms with Crippen LogP contribution in [0, 0.1) is 0 Å². The Morgan fingerprint density at radius 1 is 1.05 bits per heavy atom. The minimum atomic E-state index is -0.447. The van der Waals surface area contributed by atoms with Gasteiger partial charge in [-0.25, -0.2) is 0 Å². The van der Waals surface area contributed by atoms with Crippen LogP contribution in [0.5, 0.6) is 0 Å². The van der Waals surface area contributed by atoms with E-state index >= 15 is 0 Å². The standard InChI is InChI=1S/C17H21NO2/c1-17(2)19-11-15(12-20-17)18-10-14-8-5-7-13-6-3-4-9-16(13)14/h3-9,15,18H,10-12H2,1-2H3. The number of fused-ring (bicyclic) bond motifs is 1. The highest BCUT2D eigenvalue weighted by Gasteiger charge is 2.27. The second kappa shape index (κ2) is 5.52. The van der Waals surface area contributed by atoms with Gasteiger partial charge < -0.3 is 14.8 Å². The maximum absolute atomic E-state index is 5.67. The zero-order chi connectivity index (χ0) is 14.0. The summed E-state index contributed by atoms with van der Waals surface area (Å²) in [6.07, 6.45) is 0. The summed E-state index contributed by atoms with van der Waals surface area (Å²) in [5.41, 5.74) is 1.31. The lowest BCUT2D eigenvalue weighted by molar-refractivity contribution is -0.253. The van der Waals surface area contributed by atoms with Crippen molar-refractivity contribution in [3.63, 3.8) is 0 Å². The molecule has 0 amide bonds. The van der Waals surface area contributed by atoms with Gasteiger partial charge in [0, 0.05) is 6.54 Å². The molecular formula is C17H21NO2. The van der Waals surface area contributed by atoms with E-state index in [1.54, 1.807) is 0 Å². The molecule has 0 spiro atoms. The Labute approximate surface area is 119 Å². The minimum absolute atomic E-state index is 0.252. The van der Waals surface area contributed by atoms with Crippen LogP contribution in [0.25, 0.3) is 10.8 Å². The van der Waals surface area contributed by atoms with Crippen molar-refractivity contribution in [3.05, 3.63) is 48.0 Å². The Bertz CT molecular complexity index is 579. The van der Waals surface area contributed by atoms with Crippen molar-refractivity contribution in [3.8, 4) is 0 Å². The molecule has 0 aromatic heterocycles. The molecule has 1 aliphatic rings. The van der Waals surface area contributed by atoms with Gasteiger partial charge in [-0.15, -0.1) is 0 Å². The van der Waals surface area contributed by atoms with Crippen molar-refractivity contribution < 1.29 is 9.47 Å². The third-order valence-corrected chi connectivity index (χ3v) is 3.73. The zero-order valence-corrected chi connectivity index (χ0v) is 12.1. The Morgan fingerprint density at radius 3 is 2.55 bits per heavy atom. The molecule has 1 fully saturated rings. The third-order valence-electron chi connectivity index (χ3n) is 3.73. The van der Waals surface area contributed by atoms with Gasteiger partial charge in [0.1, 0.15) is 0 Å². The van der Waals surface area contributed by atoms with Gasteiger partial charge in [-0.1, -0.05) is 42.5 Å². The van der Waals surface area contributed by atoms with Gasteiger partial charge in [-0.2, -0.15) is 0 Å². The van der Waals surface area contributed by atoms with Gasteiger partial charge in [-0.05, 0) is 30.2 Å². The van der Waals surface area contributed by atoms with Crippen LogP contribution in [0.15, 0.2) is 42.5 Å². The molecule has 0 saturated carbocycles. The van der Waals surface area contributed by atoms with E-state index < -0.39 is 5.79 Å². The fraction of sp³-hybridized carbons (Fsp3) is 0.412. The number of hydrogen-bond acceptors (Lipinski definition) is 3. The van der Waals surface area contributed by atoms with Gasteiger partial charge >= 0.3 is 0 Å². The van der Waals surface area contributed by atoms with Gasteiger partial charge in [0.2, 0.25) is 0 Å². The average molecular weight is 271 g/mol. The molecule has 2 aromatic carbocycles. The van der Waals surface area contributed by atoms with E-state index in [-0.39, 0.29) is 6.04 Å². The SMILES string of the molecule is CC1(C)OCC(NCc2cccc3ccccc23)CO1. The van der Waals surface area contributed by atoms with Crippen molar-refractivity contribution in [2.75, 3.05) is 13.2 Å². The topological polar surface area (TPSA) is 30.5 Å². The van der Waals surface area contributed by atoms with Crippen LogP contribution < -0.4 is 5.32 Å². The summed E-state index contributed by atoms with van der Waals surface area (Å²) in [7, 11) is 0. The fourth-order valence-corrected chi connectivity index (χ4v) is 2.51. The predicted molar refractivity (Wildman–Crippen MR) is 80.6 cm³/mol. The van der Waals surface area contributed by atoms with E-state index in [2.05, 4.69) is 47.8 Å². The van der Waals surface area contributed by atoms with Crippen LogP contribution >= 0.6 is 0 Å². The van der Waals surface area contributed by atoms with Crippen LogP contribution in [0.4, 0.5) is 0 Å². The molecule has 0 atom stereocenters. The lowest BCUT2D eigenvalue weighted by Gasteiger charge is -2.35. The molecule has 1 aliphatic heterocycles. The van der Waals surface area contributed by atoms with Gasteiger partial charge in [0.15, 0.2) is 5.79 Å². The van der Waals surface area contributed by atoms with Crippen LogP contribution in [-0.2, 0) is 16.0 Å². The highest BCUT2D eigenvalue weighted by Crippen LogP contribution is 2.20. The molecule has 3 nitrogen and oxygen atoms in total. The summed E-state index contributed by atoms with van der Waals surface area (Å²) in [5, 5.41) is 6.11. The number of benzene rings is 2. The first-order valence-corrected chi connectivity index (χ1v) is 7.12. The van der Waals surface area contributed by atoms with Crippen molar-refractivity contribution in [1.82, 2.24) is 5.32 Å². The first kappa shape index (κ1) is 13.6. The summed E-state index contributed by atoms with van der Waals surface area (Å²) in [6.45, 7) is 6.12. The largest absolute Gasteiger partial charge is 0.349 e. The minimum Gasteiger partial charge on any atom is -0.349 e. The van der Waals surface area contributed by atoms with Crippen molar-refractivity contribution in [2.45, 2.75) is 32.2 Å². The average Bonchev–Trinajstić information content (AvgIpc) is 2.46. The highest BCUT2D eigenvalue weighted by atomic mass is 16.7. The van der Waals surface area contributed by atoms with E-state index in [1.807, 2.05) is 13.8 Å². The van der Waals surface area contributed by atoms with E-state index in [0.29, 0.717) is 13.2 Å². The molecule has 106 valence electrons. The van der Waals surface area contributed by atoms with E-state index in [4.69, 9.17) is 9.47 Å². The summed E-state index contributed by atoms with van der Waals surface area (Å²) < 4.78 is 11.3. The molecular weight excluding hydrogens is 250 g/mol. The van der Waals surface area contributed by atoms with Gasteiger partial charge in [0.25, 0.3) is 0 Å². The van der Waals surface area contributed by atoms with Crippen molar-refractivity contribution in [1.29, 1.82) is 0 Å². The Balaban J connectivity index is 1.66. The summed E-state index contributed by atoms with van der Waals surface area (Å²) >= 11 is 0. The second-order valence-electron chi connectivity index (χ2n) is 5.74. The maximum atomic E-state index is 5.67. The Hall–Kier alpha value is -1.42. The normalized spacial score (nSPS) is 19.3. The van der Waals surface area contributed by atoms with E-state index in [1.165, 1.54) is 16.3 Å². The molecule has 1 saturated heterocycles. The lowest BCUT2D eigenvalue weighted by atomic mass is 10.0. The number of hydrogen-bond donors (Lipinski definition) is 1. The quantitative estimate of drug-likeness (QED) is 0.930. The van der Waals surface area contributed by atoms with Crippen molar-refractivity contribution in [2.24, 2.45) is 0 Å². The molecule has 2 aromatic rings. The zero-order valence-electron chi connectivity index (χ0n) is 12.1. The summed E-state index contributed by atoms with van der Waals surface area (Å²) in [5.74, 6) is -0.447. The number of rotatable bonds is 3. The summed E-state index contributed by atoms with van der Waals surface area (Å²) in [6, 6.07) is 15.2. The van der Waals surface area contributed by atoms with Gasteiger partial charge in [-0.3, -0.25) is 0 Å². The molecule has 3 rings (SSSR count). The van der Waals surface area contributed by atoms with Gasteiger partial charge in [0.05, 0.1) is 19.3 Å². The van der Waals surface area contributed by atoms with Crippen LogP contribution in [0.2, 0.25) is 0 Å². The molecule has 1 heterocycles. The Kier molecular flexibility index (Phi) is 3.74. The van der Waals surface area contributed by atoms with E-state index in [0.717, 1.165) is 6.54 Å². The molecule has 1 N–H and O–H groups in total. The van der Waals surface area contributed by atoms with Crippen LogP contribution in [0.3, 0.4) is 0 Å². The Morgan fingerprint density at radius 2 is 1.75 bits per heavy atom. The lowest BCUT2D eigenvalue weighted by Crippen LogP contribution is -2.48. The summed E-state index contributed by atoms with van der Waals surface area (Å²) in [4.78, 5) is 0. The fourth-order valence-electron chi connectivity index (χ4n) is 2.51.